The average molecular weight is 502 g/mol. The van der Waals surface area contributed by atoms with Gasteiger partial charge in [0.2, 0.25) is 11.8 Å². The van der Waals surface area contributed by atoms with Gasteiger partial charge in [0, 0.05) is 44.1 Å². The fourth-order valence-electron chi connectivity index (χ4n) is 4.26. The van der Waals surface area contributed by atoms with E-state index < -0.39 is 0 Å². The number of halogens is 1. The number of benzene rings is 2. The van der Waals surface area contributed by atoms with E-state index in [-0.39, 0.29) is 18.3 Å². The summed E-state index contributed by atoms with van der Waals surface area (Å²) in [4.78, 5) is 27.7. The Labute approximate surface area is 217 Å². The van der Waals surface area contributed by atoms with Crippen molar-refractivity contribution in [3.63, 3.8) is 0 Å². The van der Waals surface area contributed by atoms with E-state index in [0.29, 0.717) is 37.6 Å². The van der Waals surface area contributed by atoms with E-state index in [2.05, 4.69) is 21.4 Å². The summed E-state index contributed by atoms with van der Waals surface area (Å²) < 4.78 is 19.0. The number of aryl methyl sites for hydroxylation is 1. The number of carbonyl (C=O) groups is 1. The second kappa shape index (κ2) is 11.7. The molecule has 0 saturated carbocycles. The van der Waals surface area contributed by atoms with Gasteiger partial charge in [-0.25, -0.2) is 14.4 Å². The van der Waals surface area contributed by atoms with Gasteiger partial charge in [-0.15, -0.1) is 0 Å². The maximum absolute atomic E-state index is 13.8. The number of hydrogen-bond acceptors (Lipinski definition) is 6. The van der Waals surface area contributed by atoms with E-state index >= 15 is 0 Å². The van der Waals surface area contributed by atoms with Crippen LogP contribution in [-0.4, -0.2) is 65.5 Å². The Balaban J connectivity index is 1.49. The molecule has 1 saturated heterocycles. The highest BCUT2D eigenvalue weighted by Crippen LogP contribution is 2.24. The Kier molecular flexibility index (Phi) is 8.18. The predicted octanol–water partition coefficient (Wildman–Crippen LogP) is 4.62. The van der Waals surface area contributed by atoms with Gasteiger partial charge in [-0.05, 0) is 48.2 Å². The normalized spacial score (nSPS) is 13.9. The van der Waals surface area contributed by atoms with Gasteiger partial charge in [0.15, 0.2) is 0 Å². The smallest absolute Gasteiger partial charge is 0.242 e. The van der Waals surface area contributed by atoms with Crippen molar-refractivity contribution >= 4 is 23.0 Å². The number of piperazine rings is 1. The SMILES string of the molecule is C=C(c1ccccc1)N(/C=C(\C)c1ccc(F)c(C)c1)CC(=O)N1CCN(c2cc(OC)ncn2)CC1. The van der Waals surface area contributed by atoms with Gasteiger partial charge in [-0.1, -0.05) is 43.0 Å². The monoisotopic (exact) mass is 501 g/mol. The van der Waals surface area contributed by atoms with Gasteiger partial charge in [0.1, 0.15) is 24.5 Å². The van der Waals surface area contributed by atoms with Crippen LogP contribution in [0.15, 0.2) is 73.7 Å². The number of aromatic nitrogens is 2. The van der Waals surface area contributed by atoms with Crippen molar-refractivity contribution < 1.29 is 13.9 Å². The minimum absolute atomic E-state index is 0.0105. The number of amides is 1. The number of allylic oxidation sites excluding steroid dienone is 1. The molecule has 8 heteroatoms. The highest BCUT2D eigenvalue weighted by atomic mass is 19.1. The highest BCUT2D eigenvalue weighted by Gasteiger charge is 2.24. The Hall–Kier alpha value is -4.20. The zero-order valence-electron chi connectivity index (χ0n) is 21.5. The first kappa shape index (κ1) is 25.9. The molecule has 0 spiro atoms. The van der Waals surface area contributed by atoms with Gasteiger partial charge < -0.3 is 19.4 Å². The van der Waals surface area contributed by atoms with E-state index in [1.54, 1.807) is 26.2 Å². The number of rotatable bonds is 8. The Bertz CT molecular complexity index is 1290. The summed E-state index contributed by atoms with van der Waals surface area (Å²) in [5, 5.41) is 0. The van der Waals surface area contributed by atoms with Gasteiger partial charge >= 0.3 is 0 Å². The first-order valence-electron chi connectivity index (χ1n) is 12.2. The molecule has 1 fully saturated rings. The van der Waals surface area contributed by atoms with E-state index in [9.17, 15) is 9.18 Å². The molecule has 1 aliphatic heterocycles. The average Bonchev–Trinajstić information content (AvgIpc) is 2.94. The highest BCUT2D eigenvalue weighted by molar-refractivity contribution is 5.81. The number of methoxy groups -OCH3 is 1. The minimum Gasteiger partial charge on any atom is -0.481 e. The molecule has 0 bridgehead atoms. The molecule has 0 aliphatic carbocycles. The third-order valence-electron chi connectivity index (χ3n) is 6.52. The molecule has 7 nitrogen and oxygen atoms in total. The third-order valence-corrected chi connectivity index (χ3v) is 6.52. The molecule has 0 unspecified atom stereocenters. The Morgan fingerprint density at radius 2 is 1.81 bits per heavy atom. The van der Waals surface area contributed by atoms with Crippen LogP contribution in [-0.2, 0) is 4.79 Å². The van der Waals surface area contributed by atoms with Crippen LogP contribution < -0.4 is 9.64 Å². The minimum atomic E-state index is -0.239. The second-order valence-corrected chi connectivity index (χ2v) is 9.00. The molecule has 192 valence electrons. The van der Waals surface area contributed by atoms with Gasteiger partial charge in [-0.3, -0.25) is 4.79 Å². The molecule has 1 aromatic heterocycles. The predicted molar refractivity (Wildman–Crippen MR) is 144 cm³/mol. The molecular weight excluding hydrogens is 469 g/mol. The van der Waals surface area contributed by atoms with E-state index in [0.717, 1.165) is 28.2 Å². The maximum atomic E-state index is 13.8. The summed E-state index contributed by atoms with van der Waals surface area (Å²) in [6, 6.07) is 16.6. The molecule has 0 radical (unpaired) electrons. The lowest BCUT2D eigenvalue weighted by Gasteiger charge is -2.36. The summed E-state index contributed by atoms with van der Waals surface area (Å²) >= 11 is 0. The standard InChI is InChI=1S/C29H32FN5O2/c1-21-16-25(10-11-26(21)30)22(2)18-35(23(3)24-8-6-5-7-9-24)19-29(36)34-14-12-33(13-15-34)27-17-28(37-4)32-20-31-27/h5-11,16-18,20H,3,12-15,19H2,1-2,4H3/b22-18+. The molecule has 1 amide bonds. The van der Waals surface area contributed by atoms with E-state index in [4.69, 9.17) is 4.74 Å². The number of ether oxygens (including phenoxy) is 1. The number of nitrogens with zero attached hydrogens (tertiary/aromatic N) is 5. The molecule has 0 atom stereocenters. The summed E-state index contributed by atoms with van der Waals surface area (Å²) in [5.74, 6) is 1.07. The number of anilines is 1. The Morgan fingerprint density at radius 1 is 1.08 bits per heavy atom. The third kappa shape index (κ3) is 6.33. The zero-order valence-corrected chi connectivity index (χ0v) is 21.5. The second-order valence-electron chi connectivity index (χ2n) is 9.00. The van der Waals surface area contributed by atoms with Gasteiger partial charge in [0.05, 0.1) is 7.11 Å². The van der Waals surface area contributed by atoms with Crippen molar-refractivity contribution in [2.75, 3.05) is 44.7 Å². The molecule has 2 aromatic carbocycles. The molecular formula is C29H32FN5O2. The zero-order chi connectivity index (χ0) is 26.4. The number of hydrogen-bond donors (Lipinski definition) is 0. The molecule has 4 rings (SSSR count). The van der Waals surface area contributed by atoms with Crippen molar-refractivity contribution in [3.8, 4) is 5.88 Å². The largest absolute Gasteiger partial charge is 0.481 e. The van der Waals surface area contributed by atoms with Crippen molar-refractivity contribution in [2.24, 2.45) is 0 Å². The quantitative estimate of drug-likeness (QED) is 0.449. The first-order chi connectivity index (χ1) is 17.9. The molecule has 1 aliphatic rings. The molecule has 3 aromatic rings. The van der Waals surface area contributed by atoms with Crippen molar-refractivity contribution in [2.45, 2.75) is 13.8 Å². The lowest BCUT2D eigenvalue weighted by Crippen LogP contribution is -2.51. The first-order valence-corrected chi connectivity index (χ1v) is 12.2. The molecule has 2 heterocycles. The Morgan fingerprint density at radius 3 is 2.49 bits per heavy atom. The number of carbonyl (C=O) groups excluding carboxylic acids is 1. The van der Waals surface area contributed by atoms with Crippen LogP contribution in [0.1, 0.15) is 23.6 Å². The molecule has 0 N–H and O–H groups in total. The lowest BCUT2D eigenvalue weighted by molar-refractivity contribution is -0.131. The fourth-order valence-corrected chi connectivity index (χ4v) is 4.26. The van der Waals surface area contributed by atoms with Crippen molar-refractivity contribution in [1.82, 2.24) is 19.8 Å². The van der Waals surface area contributed by atoms with E-state index in [1.165, 1.54) is 12.4 Å². The van der Waals surface area contributed by atoms with Crippen molar-refractivity contribution in [1.29, 1.82) is 0 Å². The van der Waals surface area contributed by atoms with Gasteiger partial charge in [-0.2, -0.15) is 0 Å². The van der Waals surface area contributed by atoms with Crippen molar-refractivity contribution in [3.05, 3.63) is 96.2 Å². The maximum Gasteiger partial charge on any atom is 0.242 e. The summed E-state index contributed by atoms with van der Waals surface area (Å²) in [6.07, 6.45) is 3.40. The summed E-state index contributed by atoms with van der Waals surface area (Å²) in [7, 11) is 1.57. The molecule has 37 heavy (non-hydrogen) atoms. The van der Waals surface area contributed by atoms with Gasteiger partial charge in [0.25, 0.3) is 0 Å². The van der Waals surface area contributed by atoms with Crippen LogP contribution in [0.2, 0.25) is 0 Å². The van der Waals surface area contributed by atoms with Crippen LogP contribution in [0.4, 0.5) is 10.2 Å². The van der Waals surface area contributed by atoms with Crippen LogP contribution in [0.3, 0.4) is 0 Å². The van der Waals surface area contributed by atoms with Crippen LogP contribution in [0, 0.1) is 12.7 Å². The van der Waals surface area contributed by atoms with Crippen LogP contribution >= 0.6 is 0 Å². The summed E-state index contributed by atoms with van der Waals surface area (Å²) in [5.41, 5.74) is 4.03. The topological polar surface area (TPSA) is 61.8 Å². The van der Waals surface area contributed by atoms with Crippen LogP contribution in [0.5, 0.6) is 5.88 Å². The summed E-state index contributed by atoms with van der Waals surface area (Å²) in [6.45, 7) is 10.6. The lowest BCUT2D eigenvalue weighted by atomic mass is 10.0. The fraction of sp³-hybridized carbons (Fsp3) is 0.276. The van der Waals surface area contributed by atoms with Crippen LogP contribution in [0.25, 0.3) is 11.3 Å². The van der Waals surface area contributed by atoms with E-state index in [1.807, 2.05) is 59.3 Å².